The molecular formula is C11H22N2O3. The normalized spacial score (nSPS) is 19.4. The van der Waals surface area contributed by atoms with Crippen LogP contribution in [0, 0.1) is 0 Å². The highest BCUT2D eigenvalue weighted by Gasteiger charge is 2.27. The molecule has 0 spiro atoms. The molecule has 5 heteroatoms. The number of methoxy groups -OCH3 is 1. The van der Waals surface area contributed by atoms with Crippen molar-refractivity contribution in [2.45, 2.75) is 25.3 Å². The summed E-state index contributed by atoms with van der Waals surface area (Å²) in [5, 5.41) is 6.30. The van der Waals surface area contributed by atoms with E-state index in [0.29, 0.717) is 13.2 Å². The van der Waals surface area contributed by atoms with Crippen molar-refractivity contribution in [3.63, 3.8) is 0 Å². The first-order chi connectivity index (χ1) is 7.66. The number of hydrogen-bond donors (Lipinski definition) is 2. The maximum atomic E-state index is 11.6. The van der Waals surface area contributed by atoms with Crippen LogP contribution in [-0.2, 0) is 14.3 Å². The molecule has 0 saturated carbocycles. The van der Waals surface area contributed by atoms with Crippen LogP contribution in [-0.4, -0.2) is 51.5 Å². The van der Waals surface area contributed by atoms with Gasteiger partial charge in [0, 0.05) is 12.6 Å². The third kappa shape index (κ3) is 4.92. The number of hydrogen-bond acceptors (Lipinski definition) is 4. The predicted molar refractivity (Wildman–Crippen MR) is 61.3 cm³/mol. The highest BCUT2D eigenvalue weighted by Crippen LogP contribution is 2.16. The van der Waals surface area contributed by atoms with E-state index in [4.69, 9.17) is 9.47 Å². The number of piperidine rings is 1. The molecule has 0 radical (unpaired) electrons. The molecule has 0 unspecified atom stereocenters. The summed E-state index contributed by atoms with van der Waals surface area (Å²) in [5.74, 6) is -0.0412. The molecule has 1 saturated heterocycles. The van der Waals surface area contributed by atoms with Crippen molar-refractivity contribution in [3.8, 4) is 0 Å². The number of ether oxygens (including phenoxy) is 2. The molecule has 94 valence electrons. The predicted octanol–water partition coefficient (Wildman–Crippen LogP) is -0.0923. The molecule has 0 atom stereocenters. The summed E-state index contributed by atoms with van der Waals surface area (Å²) in [6.45, 7) is 5.10. The molecule has 0 aromatic carbocycles. The van der Waals surface area contributed by atoms with Gasteiger partial charge >= 0.3 is 0 Å². The first kappa shape index (κ1) is 13.4. The molecule has 2 N–H and O–H groups in total. The quantitative estimate of drug-likeness (QED) is 0.626. The Bertz CT molecular complexity index is 215. The Balaban J connectivity index is 2.17. The van der Waals surface area contributed by atoms with Crippen LogP contribution < -0.4 is 10.6 Å². The van der Waals surface area contributed by atoms with Crippen molar-refractivity contribution in [1.82, 2.24) is 10.6 Å². The lowest BCUT2D eigenvalue weighted by Crippen LogP contribution is -2.53. The van der Waals surface area contributed by atoms with Crippen LogP contribution in [0.5, 0.6) is 0 Å². The summed E-state index contributed by atoms with van der Waals surface area (Å²) in [6, 6.07) is 0. The molecule has 0 bridgehead atoms. The van der Waals surface area contributed by atoms with E-state index >= 15 is 0 Å². The van der Waals surface area contributed by atoms with Crippen LogP contribution in [0.3, 0.4) is 0 Å². The summed E-state index contributed by atoms with van der Waals surface area (Å²) in [6.07, 6.45) is 1.94. The SMILES string of the molecule is COCCOCC(=O)NC1(C)CCNCC1. The maximum Gasteiger partial charge on any atom is 0.246 e. The number of amides is 1. The average Bonchev–Trinajstić information content (AvgIpc) is 2.25. The van der Waals surface area contributed by atoms with Gasteiger partial charge in [-0.1, -0.05) is 0 Å². The molecule has 1 rings (SSSR count). The molecule has 1 fully saturated rings. The zero-order valence-corrected chi connectivity index (χ0v) is 10.2. The second-order valence-electron chi connectivity index (χ2n) is 4.40. The first-order valence-electron chi connectivity index (χ1n) is 5.75. The van der Waals surface area contributed by atoms with Gasteiger partial charge in [-0.3, -0.25) is 4.79 Å². The zero-order valence-electron chi connectivity index (χ0n) is 10.2. The minimum absolute atomic E-state index is 0.0412. The third-order valence-electron chi connectivity index (χ3n) is 2.81. The van der Waals surface area contributed by atoms with Gasteiger partial charge in [0.1, 0.15) is 6.61 Å². The van der Waals surface area contributed by atoms with E-state index in [2.05, 4.69) is 17.6 Å². The van der Waals surface area contributed by atoms with Gasteiger partial charge in [0.2, 0.25) is 5.91 Å². The Hall–Kier alpha value is -0.650. The Morgan fingerprint density at radius 2 is 2.06 bits per heavy atom. The van der Waals surface area contributed by atoms with Crippen molar-refractivity contribution < 1.29 is 14.3 Å². The molecule has 0 aromatic heterocycles. The van der Waals surface area contributed by atoms with Crippen LogP contribution >= 0.6 is 0 Å². The summed E-state index contributed by atoms with van der Waals surface area (Å²) in [7, 11) is 1.61. The van der Waals surface area contributed by atoms with Gasteiger partial charge < -0.3 is 20.1 Å². The number of carbonyl (C=O) groups is 1. The van der Waals surface area contributed by atoms with Crippen LogP contribution in [0.1, 0.15) is 19.8 Å². The second kappa shape index (κ2) is 6.83. The monoisotopic (exact) mass is 230 g/mol. The van der Waals surface area contributed by atoms with Gasteiger partial charge in [-0.15, -0.1) is 0 Å². The van der Waals surface area contributed by atoms with Crippen molar-refractivity contribution in [2.24, 2.45) is 0 Å². The summed E-state index contributed by atoms with van der Waals surface area (Å²) in [4.78, 5) is 11.6. The third-order valence-corrected chi connectivity index (χ3v) is 2.81. The van der Waals surface area contributed by atoms with Crippen molar-refractivity contribution in [2.75, 3.05) is 40.0 Å². The molecule has 16 heavy (non-hydrogen) atoms. The topological polar surface area (TPSA) is 59.6 Å². The number of rotatable bonds is 6. The lowest BCUT2D eigenvalue weighted by atomic mass is 9.90. The minimum atomic E-state index is -0.0764. The number of nitrogens with one attached hydrogen (secondary N) is 2. The van der Waals surface area contributed by atoms with Gasteiger partial charge in [0.25, 0.3) is 0 Å². The lowest BCUT2D eigenvalue weighted by Gasteiger charge is -2.34. The van der Waals surface area contributed by atoms with E-state index < -0.39 is 0 Å². The molecule has 0 aliphatic carbocycles. The molecule has 0 aromatic rings. The Kier molecular flexibility index (Phi) is 5.73. The fourth-order valence-corrected chi connectivity index (χ4v) is 1.78. The fourth-order valence-electron chi connectivity index (χ4n) is 1.78. The highest BCUT2D eigenvalue weighted by molar-refractivity contribution is 5.78. The van der Waals surface area contributed by atoms with E-state index in [0.717, 1.165) is 25.9 Å². The van der Waals surface area contributed by atoms with E-state index in [-0.39, 0.29) is 18.1 Å². The van der Waals surface area contributed by atoms with Crippen LogP contribution in [0.25, 0.3) is 0 Å². The summed E-state index contributed by atoms with van der Waals surface area (Å²) < 4.78 is 10.00. The van der Waals surface area contributed by atoms with E-state index in [1.165, 1.54) is 0 Å². The first-order valence-corrected chi connectivity index (χ1v) is 5.75. The van der Waals surface area contributed by atoms with Gasteiger partial charge in [0.05, 0.1) is 13.2 Å². The molecule has 5 nitrogen and oxygen atoms in total. The summed E-state index contributed by atoms with van der Waals surface area (Å²) >= 11 is 0. The van der Waals surface area contributed by atoms with E-state index in [1.807, 2.05) is 0 Å². The van der Waals surface area contributed by atoms with Crippen molar-refractivity contribution in [1.29, 1.82) is 0 Å². The van der Waals surface area contributed by atoms with E-state index in [9.17, 15) is 4.79 Å². The fraction of sp³-hybridized carbons (Fsp3) is 0.909. The molecule has 1 aliphatic heterocycles. The standard InChI is InChI=1S/C11H22N2O3/c1-11(3-5-12-6-4-11)13-10(14)9-16-8-7-15-2/h12H,3-9H2,1-2H3,(H,13,14). The van der Waals surface area contributed by atoms with Gasteiger partial charge in [-0.05, 0) is 32.9 Å². The summed E-state index contributed by atoms with van der Waals surface area (Å²) in [5.41, 5.74) is -0.0764. The molecule has 1 amide bonds. The molecule has 1 aliphatic rings. The Morgan fingerprint density at radius 3 is 2.69 bits per heavy atom. The number of carbonyl (C=O) groups excluding carboxylic acids is 1. The Labute approximate surface area is 96.9 Å². The Morgan fingerprint density at radius 1 is 1.38 bits per heavy atom. The van der Waals surface area contributed by atoms with Crippen molar-refractivity contribution in [3.05, 3.63) is 0 Å². The second-order valence-corrected chi connectivity index (χ2v) is 4.40. The van der Waals surface area contributed by atoms with E-state index in [1.54, 1.807) is 7.11 Å². The van der Waals surface area contributed by atoms with Crippen molar-refractivity contribution >= 4 is 5.91 Å². The molecular weight excluding hydrogens is 208 g/mol. The molecule has 1 heterocycles. The van der Waals surface area contributed by atoms with Crippen LogP contribution in [0.4, 0.5) is 0 Å². The minimum Gasteiger partial charge on any atom is -0.382 e. The smallest absolute Gasteiger partial charge is 0.246 e. The lowest BCUT2D eigenvalue weighted by molar-refractivity contribution is -0.128. The van der Waals surface area contributed by atoms with Crippen LogP contribution in [0.2, 0.25) is 0 Å². The van der Waals surface area contributed by atoms with Crippen LogP contribution in [0.15, 0.2) is 0 Å². The zero-order chi connectivity index (χ0) is 11.9. The van der Waals surface area contributed by atoms with Gasteiger partial charge in [0.15, 0.2) is 0 Å². The van der Waals surface area contributed by atoms with Gasteiger partial charge in [-0.25, -0.2) is 0 Å². The van der Waals surface area contributed by atoms with Gasteiger partial charge in [-0.2, -0.15) is 0 Å². The average molecular weight is 230 g/mol. The maximum absolute atomic E-state index is 11.6. The highest BCUT2D eigenvalue weighted by atomic mass is 16.5. The largest absolute Gasteiger partial charge is 0.382 e.